The number of Topliss-reactive ketones (excluding diaryl/α,β-unsaturated/α-hetero) is 1. The fourth-order valence-corrected chi connectivity index (χ4v) is 1.97. The van der Waals surface area contributed by atoms with Crippen LogP contribution in [0.1, 0.15) is 32.6 Å². The summed E-state index contributed by atoms with van der Waals surface area (Å²) in [5, 5.41) is 0. The van der Waals surface area contributed by atoms with Crippen LogP contribution in [0.3, 0.4) is 0 Å². The second-order valence-corrected chi connectivity index (χ2v) is 4.53. The molecule has 16 heavy (non-hydrogen) atoms. The maximum Gasteiger partial charge on any atom is 0.411 e. The first kappa shape index (κ1) is 13.5. The molecule has 1 fully saturated rings. The third-order valence-electron chi connectivity index (χ3n) is 2.98. The van der Waals surface area contributed by atoms with Gasteiger partial charge in [-0.1, -0.05) is 19.8 Å². The average molecular weight is 238 g/mol. The van der Waals surface area contributed by atoms with Crippen LogP contribution in [0.4, 0.5) is 13.2 Å². The van der Waals surface area contributed by atoms with Crippen LogP contribution in [0.25, 0.3) is 0 Å². The highest BCUT2D eigenvalue weighted by Crippen LogP contribution is 2.28. The van der Waals surface area contributed by atoms with Crippen LogP contribution in [0.2, 0.25) is 0 Å². The molecular formula is C11H17F3O2. The van der Waals surface area contributed by atoms with E-state index in [2.05, 4.69) is 11.7 Å². The average Bonchev–Trinajstić information content (AvgIpc) is 2.16. The number of carbonyl (C=O) groups is 1. The molecule has 0 aromatic rings. The van der Waals surface area contributed by atoms with E-state index in [4.69, 9.17) is 0 Å². The summed E-state index contributed by atoms with van der Waals surface area (Å²) in [4.78, 5) is 11.5. The summed E-state index contributed by atoms with van der Waals surface area (Å²) in [5.74, 6) is 0.348. The van der Waals surface area contributed by atoms with Crippen molar-refractivity contribution in [3.8, 4) is 0 Å². The van der Waals surface area contributed by atoms with Crippen molar-refractivity contribution in [3.05, 3.63) is 0 Å². The van der Waals surface area contributed by atoms with E-state index >= 15 is 0 Å². The lowest BCUT2D eigenvalue weighted by Gasteiger charge is -2.24. The predicted molar refractivity (Wildman–Crippen MR) is 53.0 cm³/mol. The Balaban J connectivity index is 2.20. The van der Waals surface area contributed by atoms with Crippen LogP contribution in [0.15, 0.2) is 0 Å². The minimum absolute atomic E-state index is 0.0931. The van der Waals surface area contributed by atoms with Crippen molar-refractivity contribution in [3.63, 3.8) is 0 Å². The molecule has 0 heterocycles. The molecule has 5 heteroatoms. The van der Waals surface area contributed by atoms with Gasteiger partial charge in [0.2, 0.25) is 0 Å². The molecule has 0 radical (unpaired) electrons. The van der Waals surface area contributed by atoms with Crippen molar-refractivity contribution in [2.24, 2.45) is 11.8 Å². The van der Waals surface area contributed by atoms with Gasteiger partial charge in [0, 0.05) is 5.92 Å². The smallest absolute Gasteiger partial charge is 0.364 e. The maximum atomic E-state index is 11.8. The lowest BCUT2D eigenvalue weighted by molar-refractivity contribution is -0.176. The summed E-state index contributed by atoms with van der Waals surface area (Å²) >= 11 is 0. The van der Waals surface area contributed by atoms with Gasteiger partial charge in [-0.3, -0.25) is 4.79 Å². The Bertz CT molecular complexity index is 230. The van der Waals surface area contributed by atoms with Gasteiger partial charge < -0.3 is 4.74 Å². The van der Waals surface area contributed by atoms with Gasteiger partial charge in [-0.05, 0) is 18.8 Å². The Labute approximate surface area is 93.2 Å². The van der Waals surface area contributed by atoms with Crippen LogP contribution in [0.5, 0.6) is 0 Å². The number of ketones is 1. The van der Waals surface area contributed by atoms with Crippen LogP contribution in [-0.4, -0.2) is 25.2 Å². The van der Waals surface area contributed by atoms with Crippen molar-refractivity contribution in [1.82, 2.24) is 0 Å². The summed E-state index contributed by atoms with van der Waals surface area (Å²) in [6.45, 7) is 0.390. The molecule has 1 rings (SSSR count). The normalized spacial score (nSPS) is 26.8. The van der Waals surface area contributed by atoms with E-state index in [1.54, 1.807) is 0 Å². The van der Waals surface area contributed by atoms with Gasteiger partial charge in [0.1, 0.15) is 13.2 Å². The molecule has 2 nitrogen and oxygen atoms in total. The Morgan fingerprint density at radius 1 is 1.25 bits per heavy atom. The maximum absolute atomic E-state index is 11.8. The van der Waals surface area contributed by atoms with E-state index in [0.717, 1.165) is 25.7 Å². The highest BCUT2D eigenvalue weighted by atomic mass is 19.4. The predicted octanol–water partition coefficient (Wildman–Crippen LogP) is 2.96. The van der Waals surface area contributed by atoms with Gasteiger partial charge in [-0.25, -0.2) is 0 Å². The van der Waals surface area contributed by atoms with E-state index in [1.165, 1.54) is 0 Å². The van der Waals surface area contributed by atoms with Crippen LogP contribution < -0.4 is 0 Å². The molecule has 1 saturated carbocycles. The first-order valence-electron chi connectivity index (χ1n) is 5.55. The first-order valence-corrected chi connectivity index (χ1v) is 5.55. The molecule has 0 bridgehead atoms. The highest BCUT2D eigenvalue weighted by molar-refractivity contribution is 5.82. The highest BCUT2D eigenvalue weighted by Gasteiger charge is 2.29. The Kier molecular flexibility index (Phi) is 4.77. The van der Waals surface area contributed by atoms with Gasteiger partial charge in [0.05, 0.1) is 0 Å². The second-order valence-electron chi connectivity index (χ2n) is 4.53. The molecule has 0 aromatic carbocycles. The van der Waals surface area contributed by atoms with Gasteiger partial charge >= 0.3 is 6.18 Å². The van der Waals surface area contributed by atoms with Gasteiger partial charge in [-0.2, -0.15) is 13.2 Å². The largest absolute Gasteiger partial charge is 0.411 e. The van der Waals surface area contributed by atoms with Crippen molar-refractivity contribution in [2.75, 3.05) is 13.2 Å². The zero-order chi connectivity index (χ0) is 12.2. The standard InChI is InChI=1S/C11H17F3O2/c1-8-2-4-9(5-3-8)10(15)6-16-7-11(12,13)14/h8-9H,2-7H2,1H3. The number of ether oxygens (including phenoxy) is 1. The fraction of sp³-hybridized carbons (Fsp3) is 0.909. The molecule has 0 unspecified atom stereocenters. The van der Waals surface area contributed by atoms with Crippen molar-refractivity contribution < 1.29 is 22.7 Å². The molecule has 0 spiro atoms. The van der Waals surface area contributed by atoms with Crippen molar-refractivity contribution in [1.29, 1.82) is 0 Å². The summed E-state index contributed by atoms with van der Waals surface area (Å²) in [6.07, 6.45) is -0.808. The first-order chi connectivity index (χ1) is 7.38. The Morgan fingerprint density at radius 3 is 2.31 bits per heavy atom. The van der Waals surface area contributed by atoms with Gasteiger partial charge in [0.15, 0.2) is 5.78 Å². The monoisotopic (exact) mass is 238 g/mol. The van der Waals surface area contributed by atoms with E-state index in [1.807, 2.05) is 0 Å². The summed E-state index contributed by atoms with van der Waals surface area (Å²) < 4.78 is 39.7. The van der Waals surface area contributed by atoms with E-state index in [-0.39, 0.29) is 11.7 Å². The number of carbonyl (C=O) groups excluding carboxylic acids is 1. The van der Waals surface area contributed by atoms with E-state index in [0.29, 0.717) is 5.92 Å². The molecular weight excluding hydrogens is 221 g/mol. The van der Waals surface area contributed by atoms with Crippen molar-refractivity contribution in [2.45, 2.75) is 38.8 Å². The van der Waals surface area contributed by atoms with Crippen LogP contribution >= 0.6 is 0 Å². The molecule has 1 aliphatic rings. The lowest BCUT2D eigenvalue weighted by Crippen LogP contribution is -2.27. The SMILES string of the molecule is CC1CCC(C(=O)COCC(F)(F)F)CC1. The van der Waals surface area contributed by atoms with E-state index < -0.39 is 19.4 Å². The quantitative estimate of drug-likeness (QED) is 0.752. The number of hydrogen-bond donors (Lipinski definition) is 0. The molecule has 94 valence electrons. The third-order valence-corrected chi connectivity index (χ3v) is 2.98. The summed E-state index contributed by atoms with van der Waals surface area (Å²) in [5.41, 5.74) is 0. The second kappa shape index (κ2) is 5.66. The molecule has 0 amide bonds. The molecule has 0 N–H and O–H groups in total. The van der Waals surface area contributed by atoms with Crippen molar-refractivity contribution >= 4 is 5.78 Å². The number of alkyl halides is 3. The Hall–Kier alpha value is -0.580. The van der Waals surface area contributed by atoms with Crippen LogP contribution in [-0.2, 0) is 9.53 Å². The summed E-state index contributed by atoms with van der Waals surface area (Å²) in [7, 11) is 0. The molecule has 0 aliphatic heterocycles. The number of hydrogen-bond acceptors (Lipinski definition) is 2. The lowest BCUT2D eigenvalue weighted by atomic mass is 9.81. The number of halogens is 3. The molecule has 0 aromatic heterocycles. The summed E-state index contributed by atoms with van der Waals surface area (Å²) in [6, 6.07) is 0. The molecule has 1 aliphatic carbocycles. The number of rotatable bonds is 4. The topological polar surface area (TPSA) is 26.3 Å². The third kappa shape index (κ3) is 4.96. The fourth-order valence-electron chi connectivity index (χ4n) is 1.97. The Morgan fingerprint density at radius 2 is 1.81 bits per heavy atom. The zero-order valence-corrected chi connectivity index (χ0v) is 9.35. The van der Waals surface area contributed by atoms with Gasteiger partial charge in [-0.15, -0.1) is 0 Å². The van der Waals surface area contributed by atoms with E-state index in [9.17, 15) is 18.0 Å². The zero-order valence-electron chi connectivity index (χ0n) is 9.35. The van der Waals surface area contributed by atoms with Gasteiger partial charge in [0.25, 0.3) is 0 Å². The molecule has 0 saturated heterocycles. The minimum atomic E-state index is -4.35. The van der Waals surface area contributed by atoms with Crippen LogP contribution in [0, 0.1) is 11.8 Å². The minimum Gasteiger partial charge on any atom is -0.364 e. The molecule has 0 atom stereocenters.